The van der Waals surface area contributed by atoms with Gasteiger partial charge in [-0.1, -0.05) is 58.3 Å². The second-order valence-corrected chi connectivity index (χ2v) is 15.4. The van der Waals surface area contributed by atoms with Crippen LogP contribution in [-0.4, -0.2) is 150 Å². The number of nitrogens with one attached hydrogen (secondary N) is 5. The first-order valence-corrected chi connectivity index (χ1v) is 23.1. The maximum atomic E-state index is 12.2. The molecule has 0 aliphatic carbocycles. The minimum Gasteiger partial charge on any atom is -0.494 e. The predicted molar refractivity (Wildman–Crippen MR) is 241 cm³/mol. The van der Waals surface area contributed by atoms with Crippen LogP contribution in [-0.2, 0) is 42.9 Å². The molecule has 1 aromatic rings. The summed E-state index contributed by atoms with van der Waals surface area (Å²) in [6, 6.07) is 5.09. The number of hydrogen-bond donors (Lipinski definition) is 8. The molecule has 0 spiro atoms. The lowest BCUT2D eigenvalue weighted by Gasteiger charge is -2.14. The normalized spacial score (nSPS) is 12.0. The fraction of sp³-hybridized carbons (Fsp3) is 0.733. The summed E-state index contributed by atoms with van der Waals surface area (Å²) >= 11 is 0. The van der Waals surface area contributed by atoms with Crippen molar-refractivity contribution in [3.05, 3.63) is 29.8 Å². The minimum atomic E-state index is -0.979. The number of unbranched alkanes of at least 4 members (excludes halogenated alkanes) is 10. The smallest absolute Gasteiger partial charge is 0.335 e. The summed E-state index contributed by atoms with van der Waals surface area (Å²) in [5.41, 5.74) is 6.13. The predicted octanol–water partition coefficient (Wildman–Crippen LogP) is 2.93. The van der Waals surface area contributed by atoms with Gasteiger partial charge in [-0.3, -0.25) is 24.0 Å². The molecule has 0 aromatic heterocycles. The van der Waals surface area contributed by atoms with Gasteiger partial charge in [0.1, 0.15) is 25.0 Å². The molecule has 2 unspecified atom stereocenters. The number of carbonyl (C=O) groups excluding carboxylic acids is 4. The number of hydrogen-bond acceptors (Lipinski definition) is 13. The molecule has 0 fully saturated rings. The highest BCUT2D eigenvalue weighted by molar-refractivity contribution is 5.87. The van der Waals surface area contributed by atoms with Crippen molar-refractivity contribution < 1.29 is 62.7 Å². The lowest BCUT2D eigenvalue weighted by Crippen LogP contribution is -2.41. The average Bonchev–Trinajstić information content (AvgIpc) is 3.27. The van der Waals surface area contributed by atoms with Crippen LogP contribution in [0, 0.1) is 0 Å². The number of ether oxygens (including phenoxy) is 5. The molecule has 0 saturated carbocycles. The molecule has 19 nitrogen and oxygen atoms in total. The van der Waals surface area contributed by atoms with E-state index < -0.39 is 24.0 Å². The second-order valence-electron chi connectivity index (χ2n) is 15.4. The molecule has 2 atom stereocenters. The van der Waals surface area contributed by atoms with Gasteiger partial charge < -0.3 is 66.2 Å². The summed E-state index contributed by atoms with van der Waals surface area (Å²) in [6.07, 6.45) is 13.8. The standard InChI is InChI=1S/C45H78N6O13/c1-2-3-22-51-43(55)38(46)15-11-13-24-48-41(53)34-62-32-31-61-29-26-50-42(54)35-63-33-30-60-28-25-49-40(52)21-20-39(45(58)59)47-23-12-9-7-5-4-6-8-10-14-27-64-37-18-16-36(17-19-37)44(56)57/h16-19,38-39,47H,2-15,20-35,46H2,1H3,(H,48,53)(H,49,52)(H,50,54)(H,51,55)(H,56,57)(H,58,59). The van der Waals surface area contributed by atoms with Crippen molar-refractivity contribution in [1.29, 1.82) is 0 Å². The summed E-state index contributed by atoms with van der Waals surface area (Å²) in [5.74, 6) is -2.19. The number of carboxylic acid groups (broad SMARTS) is 2. The molecule has 0 bridgehead atoms. The fourth-order valence-corrected chi connectivity index (χ4v) is 6.07. The topological polar surface area (TPSA) is 275 Å². The zero-order chi connectivity index (χ0) is 46.9. The van der Waals surface area contributed by atoms with Gasteiger partial charge in [-0.25, -0.2) is 4.79 Å². The lowest BCUT2D eigenvalue weighted by atomic mass is 10.1. The number of aliphatic carboxylic acids is 1. The first-order valence-electron chi connectivity index (χ1n) is 23.1. The molecule has 366 valence electrons. The van der Waals surface area contributed by atoms with E-state index >= 15 is 0 Å². The molecule has 0 aliphatic heterocycles. The average molecular weight is 911 g/mol. The number of benzene rings is 1. The molecule has 0 aliphatic rings. The number of carbonyl (C=O) groups is 6. The van der Waals surface area contributed by atoms with Crippen LogP contribution in [0.1, 0.15) is 120 Å². The Morgan fingerprint density at radius 2 is 1.06 bits per heavy atom. The zero-order valence-corrected chi connectivity index (χ0v) is 38.1. The Labute approximate surface area is 379 Å². The van der Waals surface area contributed by atoms with E-state index in [2.05, 4.69) is 33.5 Å². The van der Waals surface area contributed by atoms with Crippen LogP contribution in [0.4, 0.5) is 0 Å². The SMILES string of the molecule is CCCCNC(=O)C(N)CCCCNC(=O)COCCOCCNC(=O)COCCOCCNC(=O)CCC(NCCCCCCCCCCCOc1ccc(C(=O)O)cc1)C(=O)O. The van der Waals surface area contributed by atoms with Crippen LogP contribution >= 0.6 is 0 Å². The summed E-state index contributed by atoms with van der Waals surface area (Å²) < 4.78 is 27.1. The number of aromatic carboxylic acids is 1. The van der Waals surface area contributed by atoms with Gasteiger partial charge in [0.2, 0.25) is 23.6 Å². The van der Waals surface area contributed by atoms with Crippen LogP contribution in [0.15, 0.2) is 24.3 Å². The molecule has 4 amide bonds. The van der Waals surface area contributed by atoms with E-state index in [-0.39, 0.29) is 108 Å². The van der Waals surface area contributed by atoms with Crippen LogP contribution in [0.3, 0.4) is 0 Å². The highest BCUT2D eigenvalue weighted by Gasteiger charge is 2.18. The highest BCUT2D eigenvalue weighted by atomic mass is 16.5. The molecule has 64 heavy (non-hydrogen) atoms. The van der Waals surface area contributed by atoms with Gasteiger partial charge in [0.15, 0.2) is 0 Å². The quantitative estimate of drug-likeness (QED) is 0.0438. The van der Waals surface area contributed by atoms with Crippen molar-refractivity contribution in [3.63, 3.8) is 0 Å². The molecular formula is C45H78N6O13. The Morgan fingerprint density at radius 1 is 0.547 bits per heavy atom. The Hall–Kier alpha value is -4.40. The summed E-state index contributed by atoms with van der Waals surface area (Å²) in [4.78, 5) is 70.5. The van der Waals surface area contributed by atoms with Gasteiger partial charge in [-0.05, 0) is 75.8 Å². The number of nitrogens with two attached hydrogens (primary N) is 1. The van der Waals surface area contributed by atoms with E-state index in [0.29, 0.717) is 44.8 Å². The van der Waals surface area contributed by atoms with E-state index in [1.54, 1.807) is 12.1 Å². The van der Waals surface area contributed by atoms with Crippen LogP contribution in [0.2, 0.25) is 0 Å². The molecular weight excluding hydrogens is 833 g/mol. The van der Waals surface area contributed by atoms with E-state index in [1.807, 2.05) is 0 Å². The fourth-order valence-electron chi connectivity index (χ4n) is 6.07. The molecule has 9 N–H and O–H groups in total. The molecule has 0 heterocycles. The van der Waals surface area contributed by atoms with Gasteiger partial charge in [-0.2, -0.15) is 0 Å². The van der Waals surface area contributed by atoms with Crippen LogP contribution in [0.5, 0.6) is 5.75 Å². The Morgan fingerprint density at radius 3 is 1.64 bits per heavy atom. The maximum Gasteiger partial charge on any atom is 0.335 e. The van der Waals surface area contributed by atoms with Gasteiger partial charge in [0, 0.05) is 32.6 Å². The summed E-state index contributed by atoms with van der Waals surface area (Å²) in [7, 11) is 0. The third kappa shape index (κ3) is 34.1. The van der Waals surface area contributed by atoms with E-state index in [0.717, 1.165) is 77.0 Å². The van der Waals surface area contributed by atoms with Crippen molar-refractivity contribution in [3.8, 4) is 5.75 Å². The Kier molecular flexibility index (Phi) is 36.1. The first-order chi connectivity index (χ1) is 31.0. The van der Waals surface area contributed by atoms with Crippen molar-refractivity contribution in [2.45, 2.75) is 122 Å². The largest absolute Gasteiger partial charge is 0.494 e. The van der Waals surface area contributed by atoms with E-state index in [4.69, 9.17) is 34.5 Å². The number of amides is 4. The molecule has 1 rings (SSSR count). The van der Waals surface area contributed by atoms with Crippen molar-refractivity contribution in [1.82, 2.24) is 26.6 Å². The summed E-state index contributed by atoms with van der Waals surface area (Å²) in [6.45, 7) is 6.08. The maximum absolute atomic E-state index is 12.2. The molecule has 0 radical (unpaired) electrons. The second kappa shape index (κ2) is 40.1. The van der Waals surface area contributed by atoms with Gasteiger partial charge in [-0.15, -0.1) is 0 Å². The van der Waals surface area contributed by atoms with E-state index in [1.165, 1.54) is 12.1 Å². The van der Waals surface area contributed by atoms with Crippen molar-refractivity contribution in [2.24, 2.45) is 5.73 Å². The van der Waals surface area contributed by atoms with Gasteiger partial charge in [0.05, 0.1) is 57.9 Å². The molecule has 19 heteroatoms. The van der Waals surface area contributed by atoms with Crippen molar-refractivity contribution in [2.75, 3.05) is 92.2 Å². The third-order valence-electron chi connectivity index (χ3n) is 9.82. The van der Waals surface area contributed by atoms with Gasteiger partial charge >= 0.3 is 11.9 Å². The molecule has 1 aromatic carbocycles. The summed E-state index contributed by atoms with van der Waals surface area (Å²) in [5, 5.41) is 32.5. The minimum absolute atomic E-state index is 0.0768. The monoisotopic (exact) mass is 911 g/mol. The van der Waals surface area contributed by atoms with E-state index in [9.17, 15) is 33.9 Å². The number of carboxylic acids is 2. The Balaban J connectivity index is 1.88. The third-order valence-corrected chi connectivity index (χ3v) is 9.82. The van der Waals surface area contributed by atoms with Crippen LogP contribution < -0.4 is 37.1 Å². The highest BCUT2D eigenvalue weighted by Crippen LogP contribution is 2.14. The Bertz CT molecular complexity index is 1410. The van der Waals surface area contributed by atoms with Crippen LogP contribution in [0.25, 0.3) is 0 Å². The first kappa shape index (κ1) is 57.6. The molecule has 0 saturated heterocycles. The number of rotatable bonds is 44. The zero-order valence-electron chi connectivity index (χ0n) is 38.1. The van der Waals surface area contributed by atoms with Gasteiger partial charge in [0.25, 0.3) is 0 Å². The van der Waals surface area contributed by atoms with Crippen molar-refractivity contribution >= 4 is 35.6 Å². The lowest BCUT2D eigenvalue weighted by molar-refractivity contribution is -0.139.